The lowest BCUT2D eigenvalue weighted by atomic mass is 10.2. The molecule has 8 nitrogen and oxygen atoms in total. The Hall–Kier alpha value is -3.11. The summed E-state index contributed by atoms with van der Waals surface area (Å²) in [7, 11) is -0.767. The van der Waals surface area contributed by atoms with Gasteiger partial charge in [0.05, 0.1) is 19.1 Å². The van der Waals surface area contributed by atoms with Crippen molar-refractivity contribution in [3.05, 3.63) is 59.1 Å². The minimum absolute atomic E-state index is 0.0893. The molecule has 0 atom stereocenters. The van der Waals surface area contributed by atoms with Crippen LogP contribution >= 0.6 is 11.3 Å². The van der Waals surface area contributed by atoms with Gasteiger partial charge in [0.15, 0.2) is 16.6 Å². The first kappa shape index (κ1) is 20.6. The molecule has 0 aliphatic heterocycles. The lowest BCUT2D eigenvalue weighted by Crippen LogP contribution is -2.15. The van der Waals surface area contributed by atoms with E-state index in [2.05, 4.69) is 15.0 Å². The standard InChI is InChI=1S/C19H19N3O5S2/c1-12-4-7-14(8-5-12)29(24,25)22-19-21-15(11-28-19)18(23)20-13-6-9-16(26-2)17(10-13)27-3/h4-11H,1-3H3,(H,20,23)(H,21,22). The molecule has 2 aromatic carbocycles. The maximum atomic E-state index is 12.4. The van der Waals surface area contributed by atoms with Crippen LogP contribution in [0.3, 0.4) is 0 Å². The van der Waals surface area contributed by atoms with Gasteiger partial charge in [-0.2, -0.15) is 0 Å². The van der Waals surface area contributed by atoms with Gasteiger partial charge in [0.1, 0.15) is 5.69 Å². The van der Waals surface area contributed by atoms with E-state index in [1.54, 1.807) is 30.3 Å². The molecule has 0 fully saturated rings. The highest BCUT2D eigenvalue weighted by atomic mass is 32.2. The highest BCUT2D eigenvalue weighted by molar-refractivity contribution is 7.93. The molecule has 152 valence electrons. The number of nitrogens with zero attached hydrogens (tertiary/aromatic N) is 1. The molecule has 0 radical (unpaired) electrons. The first-order chi connectivity index (χ1) is 13.8. The Bertz CT molecular complexity index is 1130. The zero-order valence-corrected chi connectivity index (χ0v) is 17.6. The van der Waals surface area contributed by atoms with E-state index in [4.69, 9.17) is 9.47 Å². The Kier molecular flexibility index (Phi) is 6.04. The Morgan fingerprint density at radius 1 is 1.03 bits per heavy atom. The van der Waals surface area contributed by atoms with Gasteiger partial charge in [-0.15, -0.1) is 11.3 Å². The fraction of sp³-hybridized carbons (Fsp3) is 0.158. The van der Waals surface area contributed by atoms with E-state index in [9.17, 15) is 13.2 Å². The van der Waals surface area contributed by atoms with Gasteiger partial charge >= 0.3 is 0 Å². The van der Waals surface area contributed by atoms with Crippen molar-refractivity contribution in [2.75, 3.05) is 24.3 Å². The number of rotatable bonds is 7. The third kappa shape index (κ3) is 4.84. The normalized spacial score (nSPS) is 11.0. The lowest BCUT2D eigenvalue weighted by Gasteiger charge is -2.10. The molecule has 1 amide bonds. The number of carbonyl (C=O) groups excluding carboxylic acids is 1. The Morgan fingerprint density at radius 2 is 1.72 bits per heavy atom. The molecular formula is C19H19N3O5S2. The summed E-state index contributed by atoms with van der Waals surface area (Å²) < 4.78 is 37.6. The molecule has 0 spiro atoms. The van der Waals surface area contributed by atoms with Gasteiger partial charge in [-0.25, -0.2) is 13.4 Å². The molecule has 10 heteroatoms. The molecule has 0 saturated carbocycles. The third-order valence-electron chi connectivity index (χ3n) is 3.93. The van der Waals surface area contributed by atoms with Gasteiger partial charge in [-0.3, -0.25) is 9.52 Å². The van der Waals surface area contributed by atoms with E-state index in [0.717, 1.165) is 16.9 Å². The molecule has 2 N–H and O–H groups in total. The number of nitrogens with one attached hydrogen (secondary N) is 2. The van der Waals surface area contributed by atoms with Crippen molar-refractivity contribution in [3.63, 3.8) is 0 Å². The summed E-state index contributed by atoms with van der Waals surface area (Å²) >= 11 is 1.02. The minimum Gasteiger partial charge on any atom is -0.493 e. The van der Waals surface area contributed by atoms with Crippen molar-refractivity contribution < 1.29 is 22.7 Å². The SMILES string of the molecule is COc1ccc(NC(=O)c2csc(NS(=O)(=O)c3ccc(C)cc3)n2)cc1OC. The molecule has 0 bridgehead atoms. The monoisotopic (exact) mass is 433 g/mol. The highest BCUT2D eigenvalue weighted by Gasteiger charge is 2.18. The number of methoxy groups -OCH3 is 2. The summed E-state index contributed by atoms with van der Waals surface area (Å²) in [6, 6.07) is 11.4. The number of benzene rings is 2. The van der Waals surface area contributed by atoms with E-state index in [1.165, 1.54) is 31.7 Å². The van der Waals surface area contributed by atoms with Crippen molar-refractivity contribution in [1.29, 1.82) is 0 Å². The van der Waals surface area contributed by atoms with Gasteiger partial charge in [-0.1, -0.05) is 17.7 Å². The van der Waals surface area contributed by atoms with Gasteiger partial charge < -0.3 is 14.8 Å². The molecule has 0 unspecified atom stereocenters. The van der Waals surface area contributed by atoms with E-state index in [1.807, 2.05) is 6.92 Å². The van der Waals surface area contributed by atoms with Crippen LogP contribution in [0.4, 0.5) is 10.8 Å². The average Bonchev–Trinajstić information content (AvgIpc) is 3.16. The maximum absolute atomic E-state index is 12.4. The van der Waals surface area contributed by atoms with Gasteiger partial charge in [-0.05, 0) is 31.2 Å². The Labute approximate surface area is 172 Å². The average molecular weight is 434 g/mol. The second-order valence-electron chi connectivity index (χ2n) is 5.98. The van der Waals surface area contributed by atoms with Crippen molar-refractivity contribution in [3.8, 4) is 11.5 Å². The second kappa shape index (κ2) is 8.50. The van der Waals surface area contributed by atoms with E-state index in [-0.39, 0.29) is 15.7 Å². The van der Waals surface area contributed by atoms with Gasteiger partial charge in [0.25, 0.3) is 15.9 Å². The van der Waals surface area contributed by atoms with E-state index >= 15 is 0 Å². The number of aromatic nitrogens is 1. The number of hydrogen-bond donors (Lipinski definition) is 2. The van der Waals surface area contributed by atoms with Gasteiger partial charge in [0, 0.05) is 17.1 Å². The Morgan fingerprint density at radius 3 is 2.38 bits per heavy atom. The number of sulfonamides is 1. The third-order valence-corrected chi connectivity index (χ3v) is 6.17. The number of thiazole rings is 1. The largest absolute Gasteiger partial charge is 0.493 e. The quantitative estimate of drug-likeness (QED) is 0.590. The van der Waals surface area contributed by atoms with Crippen LogP contribution in [0.5, 0.6) is 11.5 Å². The molecular weight excluding hydrogens is 414 g/mol. The number of ether oxygens (including phenoxy) is 2. The van der Waals surface area contributed by atoms with Crippen LogP contribution in [0, 0.1) is 6.92 Å². The van der Waals surface area contributed by atoms with Crippen LogP contribution in [0.25, 0.3) is 0 Å². The zero-order valence-electron chi connectivity index (χ0n) is 15.9. The fourth-order valence-electron chi connectivity index (χ4n) is 2.43. The number of hydrogen-bond acceptors (Lipinski definition) is 7. The first-order valence-electron chi connectivity index (χ1n) is 8.41. The molecule has 3 rings (SSSR count). The summed E-state index contributed by atoms with van der Waals surface area (Å²) in [5, 5.41) is 4.27. The van der Waals surface area contributed by atoms with Crippen LogP contribution in [0.15, 0.2) is 52.7 Å². The van der Waals surface area contributed by atoms with Crippen molar-refractivity contribution in [2.24, 2.45) is 0 Å². The molecule has 0 aliphatic carbocycles. The van der Waals surface area contributed by atoms with Crippen molar-refractivity contribution in [2.45, 2.75) is 11.8 Å². The highest BCUT2D eigenvalue weighted by Crippen LogP contribution is 2.30. The summed E-state index contributed by atoms with van der Waals surface area (Å²) in [6.45, 7) is 1.87. The van der Waals surface area contributed by atoms with Crippen molar-refractivity contribution in [1.82, 2.24) is 4.98 Å². The number of aryl methyl sites for hydroxylation is 1. The maximum Gasteiger partial charge on any atom is 0.275 e. The van der Waals surface area contributed by atoms with Crippen molar-refractivity contribution >= 4 is 38.1 Å². The topological polar surface area (TPSA) is 107 Å². The fourth-order valence-corrected chi connectivity index (χ4v) is 4.37. The molecule has 1 heterocycles. The van der Waals surface area contributed by atoms with E-state index < -0.39 is 15.9 Å². The molecule has 29 heavy (non-hydrogen) atoms. The molecule has 3 aromatic rings. The van der Waals surface area contributed by atoms with Gasteiger partial charge in [0.2, 0.25) is 0 Å². The summed E-state index contributed by atoms with van der Waals surface area (Å²) in [5.74, 6) is 0.524. The molecule has 0 saturated heterocycles. The zero-order chi connectivity index (χ0) is 21.0. The minimum atomic E-state index is -3.78. The van der Waals surface area contributed by atoms with Crippen LogP contribution in [0.1, 0.15) is 16.1 Å². The Balaban J connectivity index is 1.72. The number of anilines is 2. The number of amides is 1. The number of carbonyl (C=O) groups is 1. The first-order valence-corrected chi connectivity index (χ1v) is 10.8. The van der Waals surface area contributed by atoms with E-state index in [0.29, 0.717) is 17.2 Å². The smallest absolute Gasteiger partial charge is 0.275 e. The summed E-state index contributed by atoms with van der Waals surface area (Å²) in [6.07, 6.45) is 0. The summed E-state index contributed by atoms with van der Waals surface area (Å²) in [4.78, 5) is 16.6. The predicted octanol–water partition coefficient (Wildman–Crippen LogP) is 3.52. The lowest BCUT2D eigenvalue weighted by molar-refractivity contribution is 0.102. The molecule has 0 aliphatic rings. The van der Waals surface area contributed by atoms with Crippen LogP contribution < -0.4 is 19.5 Å². The van der Waals surface area contributed by atoms with Crippen LogP contribution in [0.2, 0.25) is 0 Å². The molecule has 1 aromatic heterocycles. The van der Waals surface area contributed by atoms with Crippen LogP contribution in [-0.4, -0.2) is 33.5 Å². The summed E-state index contributed by atoms with van der Waals surface area (Å²) in [5.41, 5.74) is 1.53. The predicted molar refractivity (Wildman–Crippen MR) is 112 cm³/mol. The van der Waals surface area contributed by atoms with Crippen LogP contribution in [-0.2, 0) is 10.0 Å². The second-order valence-corrected chi connectivity index (χ2v) is 8.52.